The van der Waals surface area contributed by atoms with E-state index in [9.17, 15) is 5.02 Å². The van der Waals surface area contributed by atoms with E-state index in [0.29, 0.717) is 17.8 Å². The lowest BCUT2D eigenvalue weighted by atomic mass is 9.79. The largest absolute Gasteiger partial charge is 0.491 e. The maximum atomic E-state index is 9.50. The van der Waals surface area contributed by atoms with Gasteiger partial charge in [-0.2, -0.15) is 5.21 Å². The van der Waals surface area contributed by atoms with Crippen molar-refractivity contribution in [3.63, 3.8) is 0 Å². The molecule has 1 aromatic carbocycles. The number of ether oxygens (including phenoxy) is 1. The van der Waals surface area contributed by atoms with Crippen LogP contribution < -0.4 is 10.2 Å². The number of nitrogens with one attached hydrogen (secondary N) is 1. The molecule has 8 heteroatoms. The zero-order valence-electron chi connectivity index (χ0n) is 8.12. The van der Waals surface area contributed by atoms with Crippen LogP contribution in [0.25, 0.3) is 0 Å². The van der Waals surface area contributed by atoms with Crippen molar-refractivity contribution in [1.82, 2.24) is 20.6 Å². The second-order valence-corrected chi connectivity index (χ2v) is 3.32. The summed E-state index contributed by atoms with van der Waals surface area (Å²) in [6, 6.07) is 5.43. The molecule has 0 atom stereocenters. The molecule has 0 spiro atoms. The fraction of sp³-hybridized carbons (Fsp3) is 0.125. The van der Waals surface area contributed by atoms with Crippen LogP contribution in [-0.2, 0) is 11.3 Å². The number of hydrogen-bond donors (Lipinski definition) is 2. The Kier molecular flexibility index (Phi) is 2.08. The molecule has 1 aromatic heterocycles. The highest BCUT2D eigenvalue weighted by Crippen LogP contribution is 2.19. The molecule has 0 fully saturated rings. The number of benzene rings is 1. The third-order valence-electron chi connectivity index (χ3n) is 2.32. The van der Waals surface area contributed by atoms with Gasteiger partial charge >= 0.3 is 13.1 Å². The Balaban J connectivity index is 1.89. The monoisotopic (exact) mass is 218 g/mol. The van der Waals surface area contributed by atoms with Gasteiger partial charge in [0.2, 0.25) is 0 Å². The first kappa shape index (κ1) is 9.31. The second kappa shape index (κ2) is 3.58. The Morgan fingerprint density at radius 3 is 3.25 bits per heavy atom. The van der Waals surface area contributed by atoms with E-state index >= 15 is 0 Å². The molecule has 16 heavy (non-hydrogen) atoms. The van der Waals surface area contributed by atoms with E-state index in [4.69, 9.17) is 9.39 Å². The Hall–Kier alpha value is -1.93. The van der Waals surface area contributed by atoms with Crippen molar-refractivity contribution in [3.8, 4) is 11.8 Å². The van der Waals surface area contributed by atoms with Crippen molar-refractivity contribution in [2.75, 3.05) is 0 Å². The summed E-state index contributed by atoms with van der Waals surface area (Å²) in [4.78, 5) is 0. The molecule has 0 bridgehead atoms. The smallest absolute Gasteiger partial charge is 0.423 e. The van der Waals surface area contributed by atoms with Crippen molar-refractivity contribution >= 4 is 12.6 Å². The first-order valence-corrected chi connectivity index (χ1v) is 4.67. The summed E-state index contributed by atoms with van der Waals surface area (Å²) in [5.74, 6) is 0.532. The Morgan fingerprint density at radius 1 is 1.50 bits per heavy atom. The standard InChI is InChI=1S/C8H7BN4O3/c14-9-7-3-6(2-1-5(7)4-15-9)16-8-10-12-13-11-8/h1-3,14H,4H2,(H,10,11,12,13). The molecule has 2 N–H and O–H groups in total. The van der Waals surface area contributed by atoms with Crippen LogP contribution >= 0.6 is 0 Å². The molecule has 1 aliphatic heterocycles. The van der Waals surface area contributed by atoms with E-state index in [1.54, 1.807) is 12.1 Å². The van der Waals surface area contributed by atoms with Crippen LogP contribution in [0.2, 0.25) is 0 Å². The highest BCUT2D eigenvalue weighted by molar-refractivity contribution is 6.61. The van der Waals surface area contributed by atoms with E-state index in [1.807, 2.05) is 6.07 Å². The lowest BCUT2D eigenvalue weighted by Crippen LogP contribution is -2.27. The lowest BCUT2D eigenvalue weighted by Gasteiger charge is -2.03. The molecular weight excluding hydrogens is 211 g/mol. The van der Waals surface area contributed by atoms with E-state index in [-0.39, 0.29) is 6.01 Å². The molecule has 0 unspecified atom stereocenters. The first-order chi connectivity index (χ1) is 7.83. The zero-order valence-corrected chi connectivity index (χ0v) is 8.12. The minimum Gasteiger partial charge on any atom is -0.423 e. The van der Waals surface area contributed by atoms with Gasteiger partial charge in [0.1, 0.15) is 5.75 Å². The molecule has 0 radical (unpaired) electrons. The summed E-state index contributed by atoms with van der Waals surface area (Å²) < 4.78 is 10.4. The summed E-state index contributed by atoms with van der Waals surface area (Å²) >= 11 is 0. The molecule has 0 saturated carbocycles. The summed E-state index contributed by atoms with van der Waals surface area (Å²) in [5, 5.41) is 22.5. The van der Waals surface area contributed by atoms with Crippen molar-refractivity contribution in [3.05, 3.63) is 23.8 Å². The normalized spacial score (nSPS) is 13.9. The van der Waals surface area contributed by atoms with Gasteiger partial charge in [0.25, 0.3) is 0 Å². The van der Waals surface area contributed by atoms with Gasteiger partial charge in [0, 0.05) is 0 Å². The number of nitrogens with zero attached hydrogens (tertiary/aromatic N) is 3. The Labute approximate surface area is 90.5 Å². The molecule has 0 amide bonds. The summed E-state index contributed by atoms with van der Waals surface area (Å²) in [6.45, 7) is 0.416. The van der Waals surface area contributed by atoms with Gasteiger partial charge in [-0.1, -0.05) is 16.3 Å². The van der Waals surface area contributed by atoms with Crippen molar-refractivity contribution < 1.29 is 14.4 Å². The van der Waals surface area contributed by atoms with E-state index in [0.717, 1.165) is 5.56 Å². The molecular formula is C8H7BN4O3. The number of H-pyrrole nitrogens is 1. The van der Waals surface area contributed by atoms with Crippen LogP contribution in [0, 0.1) is 0 Å². The number of hydrogen-bond acceptors (Lipinski definition) is 6. The molecule has 80 valence electrons. The topological polar surface area (TPSA) is 93.1 Å². The van der Waals surface area contributed by atoms with Gasteiger partial charge in [-0.25, -0.2) is 0 Å². The summed E-state index contributed by atoms with van der Waals surface area (Å²) in [5.41, 5.74) is 1.66. The fourth-order valence-electron chi connectivity index (χ4n) is 1.56. The zero-order chi connectivity index (χ0) is 11.0. The third kappa shape index (κ3) is 1.53. The van der Waals surface area contributed by atoms with Crippen LogP contribution in [0.3, 0.4) is 0 Å². The molecule has 1 aliphatic rings. The molecule has 3 rings (SSSR count). The maximum absolute atomic E-state index is 9.50. The Bertz CT molecular complexity index is 504. The molecule has 2 heterocycles. The fourth-order valence-corrected chi connectivity index (χ4v) is 1.56. The van der Waals surface area contributed by atoms with E-state index in [1.165, 1.54) is 0 Å². The highest BCUT2D eigenvalue weighted by Gasteiger charge is 2.27. The van der Waals surface area contributed by atoms with Crippen LogP contribution in [-0.4, -0.2) is 32.8 Å². The average molecular weight is 218 g/mol. The van der Waals surface area contributed by atoms with Crippen LogP contribution in [0.5, 0.6) is 11.8 Å². The van der Waals surface area contributed by atoms with Gasteiger partial charge < -0.3 is 14.4 Å². The minimum atomic E-state index is -0.885. The summed E-state index contributed by atoms with van der Waals surface area (Å²) in [7, 11) is -0.885. The molecule has 2 aromatic rings. The minimum absolute atomic E-state index is 0.133. The van der Waals surface area contributed by atoms with E-state index in [2.05, 4.69) is 20.6 Å². The predicted octanol–water partition coefficient (Wildman–Crippen LogP) is -0.790. The van der Waals surface area contributed by atoms with E-state index < -0.39 is 7.12 Å². The predicted molar refractivity (Wildman–Crippen MR) is 53.1 cm³/mol. The summed E-state index contributed by atoms with van der Waals surface area (Å²) in [6.07, 6.45) is 0. The lowest BCUT2D eigenvalue weighted by molar-refractivity contribution is 0.275. The second-order valence-electron chi connectivity index (χ2n) is 3.32. The number of aromatic nitrogens is 4. The quantitative estimate of drug-likeness (QED) is 0.641. The van der Waals surface area contributed by atoms with Gasteiger partial charge in [-0.3, -0.25) is 0 Å². The average Bonchev–Trinajstić information content (AvgIpc) is 2.90. The Morgan fingerprint density at radius 2 is 2.44 bits per heavy atom. The van der Waals surface area contributed by atoms with Crippen LogP contribution in [0.1, 0.15) is 5.56 Å². The highest BCUT2D eigenvalue weighted by atomic mass is 16.5. The van der Waals surface area contributed by atoms with Gasteiger partial charge in [-0.15, -0.1) is 0 Å². The first-order valence-electron chi connectivity index (χ1n) is 4.67. The van der Waals surface area contributed by atoms with Gasteiger partial charge in [-0.05, 0) is 28.4 Å². The number of rotatable bonds is 2. The SMILES string of the molecule is OB1OCc2ccc(Oc3nn[nH]n3)cc21. The maximum Gasteiger partial charge on any atom is 0.491 e. The molecule has 0 aliphatic carbocycles. The van der Waals surface area contributed by atoms with Crippen molar-refractivity contribution in [2.24, 2.45) is 0 Å². The number of aromatic amines is 1. The van der Waals surface area contributed by atoms with Gasteiger partial charge in [0.05, 0.1) is 6.61 Å². The molecule has 7 nitrogen and oxygen atoms in total. The van der Waals surface area contributed by atoms with Gasteiger partial charge in [0.15, 0.2) is 0 Å². The number of fused-ring (bicyclic) bond motifs is 1. The molecule has 0 saturated heterocycles. The van der Waals surface area contributed by atoms with Crippen LogP contribution in [0.15, 0.2) is 18.2 Å². The van der Waals surface area contributed by atoms with Crippen molar-refractivity contribution in [1.29, 1.82) is 0 Å². The number of tetrazole rings is 1. The van der Waals surface area contributed by atoms with Crippen molar-refractivity contribution in [2.45, 2.75) is 6.61 Å². The van der Waals surface area contributed by atoms with Crippen LogP contribution in [0.4, 0.5) is 0 Å². The third-order valence-corrected chi connectivity index (χ3v) is 2.32.